The normalized spacial score (nSPS) is 14.9. The molecule has 0 aromatic heterocycles. The Morgan fingerprint density at radius 2 is 1.66 bits per heavy atom. The number of methoxy groups -OCH3 is 1. The molecular weight excluding hydrogens is 368 g/mol. The summed E-state index contributed by atoms with van der Waals surface area (Å²) < 4.78 is 16.5. The van der Waals surface area contributed by atoms with Crippen LogP contribution in [0.4, 0.5) is 0 Å². The summed E-state index contributed by atoms with van der Waals surface area (Å²) in [5, 5.41) is 0. The first-order valence-corrected chi connectivity index (χ1v) is 10.2. The van der Waals surface area contributed by atoms with Crippen LogP contribution in [-0.2, 0) is 11.3 Å². The number of ether oxygens (including phenoxy) is 3. The summed E-state index contributed by atoms with van der Waals surface area (Å²) >= 11 is 0. The van der Waals surface area contributed by atoms with Crippen molar-refractivity contribution in [2.24, 2.45) is 0 Å². The molecule has 6 heteroatoms. The molecule has 0 aliphatic carbocycles. The largest absolute Gasteiger partial charge is 0.497 e. The highest BCUT2D eigenvalue weighted by molar-refractivity contribution is 5.77. The van der Waals surface area contributed by atoms with Gasteiger partial charge in [0.15, 0.2) is 18.1 Å². The second-order valence-electron chi connectivity index (χ2n) is 7.03. The van der Waals surface area contributed by atoms with Gasteiger partial charge in [-0.15, -0.1) is 0 Å². The third kappa shape index (κ3) is 6.12. The second kappa shape index (κ2) is 10.7. The Bertz CT molecular complexity index is 779. The first kappa shape index (κ1) is 21.0. The molecule has 1 amide bonds. The smallest absolute Gasteiger partial charge is 0.260 e. The van der Waals surface area contributed by atoms with Crippen LogP contribution < -0.4 is 14.2 Å². The third-order valence-corrected chi connectivity index (χ3v) is 5.01. The van der Waals surface area contributed by atoms with Crippen molar-refractivity contribution in [3.05, 3.63) is 54.1 Å². The Kier molecular flexibility index (Phi) is 7.76. The van der Waals surface area contributed by atoms with Crippen LogP contribution in [0.25, 0.3) is 0 Å². The lowest BCUT2D eigenvalue weighted by atomic mass is 10.2. The van der Waals surface area contributed by atoms with Crippen LogP contribution in [0, 0.1) is 0 Å². The predicted octanol–water partition coefficient (Wildman–Crippen LogP) is 3.21. The number of carbonyl (C=O) groups excluding carboxylic acids is 1. The van der Waals surface area contributed by atoms with Gasteiger partial charge in [-0.25, -0.2) is 0 Å². The van der Waals surface area contributed by atoms with Crippen molar-refractivity contribution in [3.8, 4) is 17.2 Å². The van der Waals surface area contributed by atoms with E-state index in [1.54, 1.807) is 7.11 Å². The fourth-order valence-electron chi connectivity index (χ4n) is 3.44. The van der Waals surface area contributed by atoms with Gasteiger partial charge in [-0.3, -0.25) is 9.69 Å². The number of rotatable bonds is 8. The van der Waals surface area contributed by atoms with Crippen LogP contribution in [0.3, 0.4) is 0 Å². The van der Waals surface area contributed by atoms with E-state index < -0.39 is 0 Å². The summed E-state index contributed by atoms with van der Waals surface area (Å²) in [6, 6.07) is 15.6. The molecule has 2 aromatic rings. The van der Waals surface area contributed by atoms with E-state index in [4.69, 9.17) is 14.2 Å². The fraction of sp³-hybridized carbons (Fsp3) is 0.435. The molecule has 29 heavy (non-hydrogen) atoms. The van der Waals surface area contributed by atoms with Crippen LogP contribution in [0.1, 0.15) is 18.9 Å². The number of amides is 1. The summed E-state index contributed by atoms with van der Waals surface area (Å²) in [4.78, 5) is 16.9. The molecule has 1 aliphatic heterocycles. The second-order valence-corrected chi connectivity index (χ2v) is 7.03. The maximum Gasteiger partial charge on any atom is 0.260 e. The number of carbonyl (C=O) groups is 1. The minimum absolute atomic E-state index is 0.0163. The highest BCUT2D eigenvalue weighted by atomic mass is 16.5. The van der Waals surface area contributed by atoms with Gasteiger partial charge in [0.1, 0.15) is 5.75 Å². The van der Waals surface area contributed by atoms with Crippen LogP contribution in [0.5, 0.6) is 17.2 Å². The van der Waals surface area contributed by atoms with E-state index in [9.17, 15) is 4.79 Å². The third-order valence-electron chi connectivity index (χ3n) is 5.01. The van der Waals surface area contributed by atoms with Gasteiger partial charge in [0, 0.05) is 32.7 Å². The van der Waals surface area contributed by atoms with Crippen molar-refractivity contribution in [1.82, 2.24) is 9.80 Å². The van der Waals surface area contributed by atoms with E-state index in [1.165, 1.54) is 5.56 Å². The van der Waals surface area contributed by atoms with Crippen LogP contribution in [0.2, 0.25) is 0 Å². The lowest BCUT2D eigenvalue weighted by molar-refractivity contribution is -0.133. The van der Waals surface area contributed by atoms with E-state index in [0.717, 1.165) is 38.3 Å². The molecule has 0 radical (unpaired) electrons. The Hall–Kier alpha value is -2.73. The summed E-state index contributed by atoms with van der Waals surface area (Å²) in [6.07, 6.45) is 0.956. The molecule has 1 heterocycles. The summed E-state index contributed by atoms with van der Waals surface area (Å²) in [6.45, 7) is 6.70. The van der Waals surface area contributed by atoms with Gasteiger partial charge < -0.3 is 19.1 Å². The van der Waals surface area contributed by atoms with Gasteiger partial charge in [0.05, 0.1) is 13.7 Å². The summed E-state index contributed by atoms with van der Waals surface area (Å²) in [5.74, 6) is 2.16. The number of para-hydroxylation sites is 2. The molecule has 0 N–H and O–H groups in total. The molecule has 1 saturated heterocycles. The van der Waals surface area contributed by atoms with Crippen LogP contribution >= 0.6 is 0 Å². The monoisotopic (exact) mass is 398 g/mol. The first-order valence-electron chi connectivity index (χ1n) is 10.2. The zero-order valence-corrected chi connectivity index (χ0v) is 17.3. The van der Waals surface area contributed by atoms with Gasteiger partial charge in [-0.1, -0.05) is 24.3 Å². The molecular formula is C23H30N2O4. The molecule has 0 atom stereocenters. The van der Waals surface area contributed by atoms with E-state index >= 15 is 0 Å². The molecule has 1 fully saturated rings. The van der Waals surface area contributed by atoms with Gasteiger partial charge >= 0.3 is 0 Å². The molecule has 6 nitrogen and oxygen atoms in total. The number of nitrogens with zero attached hydrogens (tertiary/aromatic N) is 2. The van der Waals surface area contributed by atoms with Crippen LogP contribution in [0.15, 0.2) is 48.5 Å². The molecule has 0 unspecified atom stereocenters. The zero-order chi connectivity index (χ0) is 20.5. The van der Waals surface area contributed by atoms with E-state index in [1.807, 2.05) is 48.2 Å². The SMILES string of the molecule is CCOc1ccccc1OCC(=O)N1CCCN(Cc2ccc(OC)cc2)CC1. The van der Waals surface area contributed by atoms with E-state index in [2.05, 4.69) is 17.0 Å². The number of hydrogen-bond acceptors (Lipinski definition) is 5. The lowest BCUT2D eigenvalue weighted by Crippen LogP contribution is -2.38. The van der Waals surface area contributed by atoms with Crippen molar-refractivity contribution in [2.75, 3.05) is 46.5 Å². The van der Waals surface area contributed by atoms with Crippen molar-refractivity contribution in [3.63, 3.8) is 0 Å². The van der Waals surface area contributed by atoms with Crippen molar-refractivity contribution >= 4 is 5.91 Å². The summed E-state index contributed by atoms with van der Waals surface area (Å²) in [7, 11) is 1.68. The Morgan fingerprint density at radius 3 is 2.34 bits per heavy atom. The topological polar surface area (TPSA) is 51.2 Å². The minimum atomic E-state index is 0.0163. The summed E-state index contributed by atoms with van der Waals surface area (Å²) in [5.41, 5.74) is 1.25. The Morgan fingerprint density at radius 1 is 0.931 bits per heavy atom. The molecule has 2 aromatic carbocycles. The molecule has 156 valence electrons. The number of hydrogen-bond donors (Lipinski definition) is 0. The molecule has 0 spiro atoms. The predicted molar refractivity (Wildman–Crippen MR) is 113 cm³/mol. The van der Waals surface area contributed by atoms with Crippen molar-refractivity contribution in [1.29, 1.82) is 0 Å². The minimum Gasteiger partial charge on any atom is -0.497 e. The molecule has 1 aliphatic rings. The maximum atomic E-state index is 12.7. The Labute approximate surface area is 173 Å². The maximum absolute atomic E-state index is 12.7. The Balaban J connectivity index is 1.49. The molecule has 0 bridgehead atoms. The lowest BCUT2D eigenvalue weighted by Gasteiger charge is -2.22. The van der Waals surface area contributed by atoms with Crippen molar-refractivity contribution < 1.29 is 19.0 Å². The average molecular weight is 399 g/mol. The standard InChI is InChI=1S/C23H30N2O4/c1-3-28-21-7-4-5-8-22(21)29-18-23(26)25-14-6-13-24(15-16-25)17-19-9-11-20(27-2)12-10-19/h4-5,7-12H,3,6,13-18H2,1-2H3. The first-order chi connectivity index (χ1) is 14.2. The van der Waals surface area contributed by atoms with E-state index in [0.29, 0.717) is 24.7 Å². The van der Waals surface area contributed by atoms with Crippen LogP contribution in [-0.4, -0.2) is 62.2 Å². The fourth-order valence-corrected chi connectivity index (χ4v) is 3.44. The van der Waals surface area contributed by atoms with Gasteiger partial charge in [0.25, 0.3) is 5.91 Å². The van der Waals surface area contributed by atoms with Gasteiger partial charge in [0.2, 0.25) is 0 Å². The highest BCUT2D eigenvalue weighted by Gasteiger charge is 2.20. The quantitative estimate of drug-likeness (QED) is 0.684. The van der Waals surface area contributed by atoms with Gasteiger partial charge in [-0.2, -0.15) is 0 Å². The highest BCUT2D eigenvalue weighted by Crippen LogP contribution is 2.26. The molecule has 3 rings (SSSR count). The molecule has 0 saturated carbocycles. The number of benzene rings is 2. The van der Waals surface area contributed by atoms with Gasteiger partial charge in [-0.05, 0) is 43.2 Å². The van der Waals surface area contributed by atoms with Crippen molar-refractivity contribution in [2.45, 2.75) is 19.9 Å². The average Bonchev–Trinajstić information content (AvgIpc) is 2.99. The zero-order valence-electron chi connectivity index (χ0n) is 17.3. The van der Waals surface area contributed by atoms with E-state index in [-0.39, 0.29) is 12.5 Å².